The van der Waals surface area contributed by atoms with Gasteiger partial charge in [-0.3, -0.25) is 11.3 Å². The van der Waals surface area contributed by atoms with Crippen LogP contribution in [0.25, 0.3) is 0 Å². The molecule has 0 saturated heterocycles. The normalized spacial score (nSPS) is 16.3. The Morgan fingerprint density at radius 1 is 1.60 bits per heavy atom. The number of aryl methyl sites for hydroxylation is 2. The molecule has 2 nitrogen and oxygen atoms in total. The van der Waals surface area contributed by atoms with Crippen LogP contribution in [0.1, 0.15) is 40.6 Å². The van der Waals surface area contributed by atoms with Gasteiger partial charge in [0.25, 0.3) is 0 Å². The Labute approximate surface area is 95.2 Å². The second kappa shape index (κ2) is 4.92. The average molecular weight is 222 g/mol. The van der Waals surface area contributed by atoms with E-state index < -0.39 is 0 Å². The molecule has 1 aliphatic rings. The lowest BCUT2D eigenvalue weighted by atomic mass is 10.1. The molecule has 1 heterocycles. The summed E-state index contributed by atoms with van der Waals surface area (Å²) in [5.74, 6) is 5.59. The number of nitrogens with two attached hydrogens (primary N) is 1. The van der Waals surface area contributed by atoms with Crippen molar-refractivity contribution >= 4 is 11.3 Å². The molecular formula is C12H18N2S. The molecule has 0 saturated carbocycles. The lowest BCUT2D eigenvalue weighted by Gasteiger charge is -2.12. The number of hydrogen-bond acceptors (Lipinski definition) is 3. The Morgan fingerprint density at radius 3 is 3.13 bits per heavy atom. The number of hydrogen-bond donors (Lipinski definition) is 2. The third-order valence-electron chi connectivity index (χ3n) is 2.97. The summed E-state index contributed by atoms with van der Waals surface area (Å²) in [4.78, 5) is 2.97. The zero-order valence-electron chi connectivity index (χ0n) is 8.96. The Morgan fingerprint density at radius 2 is 2.47 bits per heavy atom. The highest BCUT2D eigenvalue weighted by molar-refractivity contribution is 7.12. The van der Waals surface area contributed by atoms with E-state index in [1.165, 1.54) is 24.1 Å². The number of fused-ring (bicyclic) bond motifs is 1. The van der Waals surface area contributed by atoms with E-state index in [-0.39, 0.29) is 0 Å². The summed E-state index contributed by atoms with van der Waals surface area (Å²) in [7, 11) is 0. The lowest BCUT2D eigenvalue weighted by Crippen LogP contribution is -2.27. The van der Waals surface area contributed by atoms with Crippen LogP contribution < -0.4 is 11.3 Å². The highest BCUT2D eigenvalue weighted by Crippen LogP contribution is 2.34. The van der Waals surface area contributed by atoms with Crippen molar-refractivity contribution in [3.8, 4) is 0 Å². The molecule has 1 unspecified atom stereocenters. The molecular weight excluding hydrogens is 204 g/mol. The highest BCUT2D eigenvalue weighted by Gasteiger charge is 2.18. The fourth-order valence-electron chi connectivity index (χ4n) is 2.12. The van der Waals surface area contributed by atoms with E-state index in [0.717, 1.165) is 12.8 Å². The molecule has 3 heteroatoms. The fraction of sp³-hybridized carbons (Fsp3) is 0.500. The van der Waals surface area contributed by atoms with Gasteiger partial charge < -0.3 is 0 Å². The van der Waals surface area contributed by atoms with Gasteiger partial charge >= 0.3 is 0 Å². The quantitative estimate of drug-likeness (QED) is 0.457. The van der Waals surface area contributed by atoms with Crippen LogP contribution in [-0.4, -0.2) is 0 Å². The average Bonchev–Trinajstić information content (AvgIpc) is 2.79. The van der Waals surface area contributed by atoms with Crippen LogP contribution in [-0.2, 0) is 12.8 Å². The van der Waals surface area contributed by atoms with Gasteiger partial charge in [-0.05, 0) is 43.7 Å². The van der Waals surface area contributed by atoms with E-state index in [2.05, 4.69) is 18.1 Å². The van der Waals surface area contributed by atoms with Gasteiger partial charge in [0.15, 0.2) is 0 Å². The molecule has 82 valence electrons. The van der Waals surface area contributed by atoms with Crippen LogP contribution in [0, 0.1) is 0 Å². The molecule has 0 fully saturated rings. The first-order valence-electron chi connectivity index (χ1n) is 5.53. The first-order chi connectivity index (χ1) is 7.35. The van der Waals surface area contributed by atoms with Crippen molar-refractivity contribution in [1.29, 1.82) is 0 Å². The Bertz CT molecular complexity index is 322. The smallest absolute Gasteiger partial charge is 0.0556 e. The summed E-state index contributed by atoms with van der Waals surface area (Å²) in [6, 6.07) is 2.64. The van der Waals surface area contributed by atoms with Crippen molar-refractivity contribution in [2.75, 3.05) is 0 Å². The molecule has 0 bridgehead atoms. The molecule has 1 aromatic heterocycles. The second-order valence-electron chi connectivity index (χ2n) is 4.04. The van der Waals surface area contributed by atoms with Crippen molar-refractivity contribution in [1.82, 2.24) is 5.43 Å². The minimum Gasteiger partial charge on any atom is -0.271 e. The van der Waals surface area contributed by atoms with Crippen LogP contribution >= 0.6 is 11.3 Å². The highest BCUT2D eigenvalue weighted by atomic mass is 32.1. The topological polar surface area (TPSA) is 38.0 Å². The predicted molar refractivity (Wildman–Crippen MR) is 65.8 cm³/mol. The first-order valence-corrected chi connectivity index (χ1v) is 6.35. The molecule has 1 aromatic rings. The van der Waals surface area contributed by atoms with E-state index in [1.807, 2.05) is 17.4 Å². The van der Waals surface area contributed by atoms with Gasteiger partial charge in [-0.2, -0.15) is 0 Å². The Balaban J connectivity index is 2.09. The molecule has 0 aliphatic heterocycles. The second-order valence-corrected chi connectivity index (χ2v) is 5.20. The number of allylic oxidation sites excluding steroid dienone is 1. The van der Waals surface area contributed by atoms with Crippen molar-refractivity contribution in [2.24, 2.45) is 5.84 Å². The minimum atomic E-state index is 0.304. The van der Waals surface area contributed by atoms with Gasteiger partial charge in [0, 0.05) is 9.75 Å². The summed E-state index contributed by atoms with van der Waals surface area (Å²) in [6.07, 6.45) is 7.85. The summed E-state index contributed by atoms with van der Waals surface area (Å²) in [5.41, 5.74) is 4.45. The molecule has 3 N–H and O–H groups in total. The number of hydrazine groups is 1. The third kappa shape index (κ3) is 2.30. The summed E-state index contributed by atoms with van der Waals surface area (Å²) < 4.78 is 0. The maximum atomic E-state index is 5.59. The monoisotopic (exact) mass is 222 g/mol. The van der Waals surface area contributed by atoms with Gasteiger partial charge in [0.1, 0.15) is 0 Å². The maximum absolute atomic E-state index is 5.59. The zero-order chi connectivity index (χ0) is 10.7. The van der Waals surface area contributed by atoms with E-state index in [4.69, 9.17) is 5.84 Å². The van der Waals surface area contributed by atoms with Gasteiger partial charge in [0.05, 0.1) is 6.04 Å². The summed E-state index contributed by atoms with van der Waals surface area (Å²) in [6.45, 7) is 3.75. The maximum Gasteiger partial charge on any atom is 0.0556 e. The molecule has 2 rings (SSSR count). The Kier molecular flexibility index (Phi) is 3.57. The predicted octanol–water partition coefficient (Wildman–Crippen LogP) is 2.71. The van der Waals surface area contributed by atoms with Crippen LogP contribution in [0.2, 0.25) is 0 Å². The molecule has 15 heavy (non-hydrogen) atoms. The van der Waals surface area contributed by atoms with Crippen LogP contribution in [0.15, 0.2) is 18.7 Å². The third-order valence-corrected chi connectivity index (χ3v) is 4.32. The van der Waals surface area contributed by atoms with Crippen LogP contribution in [0.5, 0.6) is 0 Å². The van der Waals surface area contributed by atoms with Crippen LogP contribution in [0.3, 0.4) is 0 Å². The molecule has 1 atom stereocenters. The molecule has 0 radical (unpaired) electrons. The summed E-state index contributed by atoms with van der Waals surface area (Å²) in [5, 5.41) is 0. The van der Waals surface area contributed by atoms with Crippen molar-refractivity contribution in [3.05, 3.63) is 34.0 Å². The first kappa shape index (κ1) is 10.9. The summed E-state index contributed by atoms with van der Waals surface area (Å²) >= 11 is 1.93. The van der Waals surface area contributed by atoms with E-state index in [0.29, 0.717) is 6.04 Å². The molecule has 1 aliphatic carbocycles. The van der Waals surface area contributed by atoms with Gasteiger partial charge in [-0.1, -0.05) is 6.08 Å². The SMILES string of the molecule is C=CCCC(NN)c1cc2c(s1)CCC2. The lowest BCUT2D eigenvalue weighted by molar-refractivity contribution is 0.528. The van der Waals surface area contributed by atoms with Crippen molar-refractivity contribution < 1.29 is 0 Å². The van der Waals surface area contributed by atoms with Crippen molar-refractivity contribution in [3.63, 3.8) is 0 Å². The largest absolute Gasteiger partial charge is 0.271 e. The minimum absolute atomic E-state index is 0.304. The molecule has 0 spiro atoms. The zero-order valence-corrected chi connectivity index (χ0v) is 9.78. The number of nitrogens with one attached hydrogen (secondary N) is 1. The van der Waals surface area contributed by atoms with Crippen LogP contribution in [0.4, 0.5) is 0 Å². The van der Waals surface area contributed by atoms with E-state index >= 15 is 0 Å². The van der Waals surface area contributed by atoms with Gasteiger partial charge in [-0.25, -0.2) is 0 Å². The standard InChI is InChI=1S/C12H18N2S/c1-2-3-6-10(14-13)12-8-9-5-4-7-11(9)15-12/h2,8,10,14H,1,3-7,13H2. The van der Waals surface area contributed by atoms with E-state index in [9.17, 15) is 0 Å². The molecule has 0 amide bonds. The molecule has 0 aromatic carbocycles. The van der Waals surface area contributed by atoms with Gasteiger partial charge in [-0.15, -0.1) is 17.9 Å². The number of rotatable bonds is 5. The number of thiophene rings is 1. The van der Waals surface area contributed by atoms with Crippen molar-refractivity contribution in [2.45, 2.75) is 38.1 Å². The fourth-order valence-corrected chi connectivity index (χ4v) is 3.47. The van der Waals surface area contributed by atoms with E-state index in [1.54, 1.807) is 10.4 Å². The Hall–Kier alpha value is -0.640. The van der Waals surface area contributed by atoms with Gasteiger partial charge in [0.2, 0.25) is 0 Å².